The standard InChI is InChI=1S/C13H12Cl2N4S/c1-7(9-3-2-8(14)6-10(9)15)19-13-11(12(16)20)17-4-5-18-13/h2-7H,1H3,(H2,16,20)(H,18,19). The summed E-state index contributed by atoms with van der Waals surface area (Å²) in [6.07, 6.45) is 3.11. The average Bonchev–Trinajstić information content (AvgIpc) is 2.38. The second-order valence-corrected chi connectivity index (χ2v) is 5.43. The second-order valence-electron chi connectivity index (χ2n) is 4.15. The molecule has 1 aromatic carbocycles. The zero-order valence-electron chi connectivity index (χ0n) is 10.6. The fourth-order valence-corrected chi connectivity index (χ4v) is 2.48. The molecule has 0 spiro atoms. The lowest BCUT2D eigenvalue weighted by molar-refractivity contribution is 0.870. The zero-order valence-corrected chi connectivity index (χ0v) is 12.9. The van der Waals surface area contributed by atoms with Crippen molar-refractivity contribution in [1.82, 2.24) is 9.97 Å². The van der Waals surface area contributed by atoms with Gasteiger partial charge in [0.1, 0.15) is 10.7 Å². The van der Waals surface area contributed by atoms with E-state index >= 15 is 0 Å². The smallest absolute Gasteiger partial charge is 0.155 e. The van der Waals surface area contributed by atoms with Crippen LogP contribution in [0.3, 0.4) is 0 Å². The molecule has 0 aliphatic carbocycles. The molecule has 4 nitrogen and oxygen atoms in total. The quantitative estimate of drug-likeness (QED) is 0.840. The first kappa shape index (κ1) is 15.0. The Hall–Kier alpha value is -1.43. The van der Waals surface area contributed by atoms with Crippen molar-refractivity contribution in [2.45, 2.75) is 13.0 Å². The molecule has 0 radical (unpaired) electrons. The monoisotopic (exact) mass is 326 g/mol. The first-order chi connectivity index (χ1) is 9.49. The summed E-state index contributed by atoms with van der Waals surface area (Å²) in [5.41, 5.74) is 6.98. The predicted octanol–water partition coefficient (Wildman–Crippen LogP) is 3.59. The Labute approximate surface area is 132 Å². The lowest BCUT2D eigenvalue weighted by atomic mass is 10.1. The normalized spacial score (nSPS) is 11.9. The molecule has 1 heterocycles. The van der Waals surface area contributed by atoms with Crippen LogP contribution in [0.15, 0.2) is 30.6 Å². The van der Waals surface area contributed by atoms with Crippen LogP contribution in [0.1, 0.15) is 24.2 Å². The fraction of sp³-hybridized carbons (Fsp3) is 0.154. The first-order valence-corrected chi connectivity index (χ1v) is 6.97. The van der Waals surface area contributed by atoms with Crippen molar-refractivity contribution in [2.24, 2.45) is 5.73 Å². The Bertz CT molecular complexity index is 648. The molecular weight excluding hydrogens is 315 g/mol. The van der Waals surface area contributed by atoms with E-state index in [9.17, 15) is 0 Å². The summed E-state index contributed by atoms with van der Waals surface area (Å²) in [5.74, 6) is 0.526. The summed E-state index contributed by atoms with van der Waals surface area (Å²) in [6, 6.07) is 5.25. The number of nitrogens with one attached hydrogen (secondary N) is 1. The molecule has 20 heavy (non-hydrogen) atoms. The Kier molecular flexibility index (Phi) is 4.75. The third kappa shape index (κ3) is 3.36. The van der Waals surface area contributed by atoms with Crippen LogP contribution in [0.2, 0.25) is 10.0 Å². The molecule has 7 heteroatoms. The summed E-state index contributed by atoms with van der Waals surface area (Å²) >= 11 is 17.0. The summed E-state index contributed by atoms with van der Waals surface area (Å²) in [5, 5.41) is 4.37. The molecule has 0 fully saturated rings. The van der Waals surface area contributed by atoms with Gasteiger partial charge in [0, 0.05) is 22.4 Å². The van der Waals surface area contributed by atoms with Crippen molar-refractivity contribution in [3.05, 3.63) is 51.9 Å². The van der Waals surface area contributed by atoms with Gasteiger partial charge < -0.3 is 11.1 Å². The maximum Gasteiger partial charge on any atom is 0.155 e. The fourth-order valence-electron chi connectivity index (χ4n) is 1.76. The van der Waals surface area contributed by atoms with E-state index in [1.807, 2.05) is 13.0 Å². The topological polar surface area (TPSA) is 63.8 Å². The van der Waals surface area contributed by atoms with Crippen molar-refractivity contribution in [3.63, 3.8) is 0 Å². The summed E-state index contributed by atoms with van der Waals surface area (Å²) in [6.45, 7) is 1.95. The van der Waals surface area contributed by atoms with Crippen molar-refractivity contribution >= 4 is 46.2 Å². The van der Waals surface area contributed by atoms with Gasteiger partial charge in [-0.15, -0.1) is 0 Å². The Morgan fingerprint density at radius 2 is 2.00 bits per heavy atom. The molecule has 0 bridgehead atoms. The van der Waals surface area contributed by atoms with E-state index in [2.05, 4.69) is 15.3 Å². The number of halogens is 2. The van der Waals surface area contributed by atoms with Gasteiger partial charge in [-0.2, -0.15) is 0 Å². The summed E-state index contributed by atoms with van der Waals surface area (Å²) in [7, 11) is 0. The van der Waals surface area contributed by atoms with Gasteiger partial charge >= 0.3 is 0 Å². The minimum absolute atomic E-state index is 0.0930. The van der Waals surface area contributed by atoms with Gasteiger partial charge in [-0.3, -0.25) is 0 Å². The molecule has 2 rings (SSSR count). The van der Waals surface area contributed by atoms with E-state index in [0.717, 1.165) is 5.56 Å². The second kappa shape index (κ2) is 6.35. The number of nitrogens with two attached hydrogens (primary N) is 1. The third-order valence-electron chi connectivity index (χ3n) is 2.71. The molecule has 2 aromatic rings. The van der Waals surface area contributed by atoms with E-state index in [0.29, 0.717) is 21.6 Å². The largest absolute Gasteiger partial charge is 0.388 e. The third-order valence-corrected chi connectivity index (χ3v) is 3.47. The number of thiocarbonyl (C=S) groups is 1. The molecule has 0 saturated carbocycles. The number of benzene rings is 1. The van der Waals surface area contributed by atoms with Gasteiger partial charge in [0.15, 0.2) is 5.82 Å². The average molecular weight is 327 g/mol. The summed E-state index contributed by atoms with van der Waals surface area (Å²) < 4.78 is 0. The van der Waals surface area contributed by atoms with Crippen LogP contribution in [0.5, 0.6) is 0 Å². The van der Waals surface area contributed by atoms with E-state index in [4.69, 9.17) is 41.2 Å². The van der Waals surface area contributed by atoms with Crippen molar-refractivity contribution < 1.29 is 0 Å². The number of rotatable bonds is 4. The van der Waals surface area contributed by atoms with Crippen LogP contribution in [-0.4, -0.2) is 15.0 Å². The molecule has 0 amide bonds. The van der Waals surface area contributed by atoms with Crippen LogP contribution in [0.25, 0.3) is 0 Å². The summed E-state index contributed by atoms with van der Waals surface area (Å²) in [4.78, 5) is 8.51. The minimum Gasteiger partial charge on any atom is -0.388 e. The number of anilines is 1. The molecule has 104 valence electrons. The predicted molar refractivity (Wildman–Crippen MR) is 86.4 cm³/mol. The van der Waals surface area contributed by atoms with Gasteiger partial charge in [0.05, 0.1) is 6.04 Å². The highest BCUT2D eigenvalue weighted by atomic mass is 35.5. The Morgan fingerprint density at radius 1 is 1.30 bits per heavy atom. The molecule has 1 aromatic heterocycles. The van der Waals surface area contributed by atoms with Gasteiger partial charge in [0.25, 0.3) is 0 Å². The van der Waals surface area contributed by atoms with Gasteiger partial charge in [-0.05, 0) is 24.6 Å². The molecule has 0 aliphatic heterocycles. The molecule has 0 saturated heterocycles. The molecule has 1 unspecified atom stereocenters. The van der Waals surface area contributed by atoms with Crippen LogP contribution in [0.4, 0.5) is 5.82 Å². The van der Waals surface area contributed by atoms with E-state index in [1.165, 1.54) is 0 Å². The molecule has 1 atom stereocenters. The molecular formula is C13H12Cl2N4S. The Balaban J connectivity index is 2.28. The van der Waals surface area contributed by atoms with Crippen molar-refractivity contribution in [2.75, 3.05) is 5.32 Å². The van der Waals surface area contributed by atoms with Crippen LogP contribution in [-0.2, 0) is 0 Å². The van der Waals surface area contributed by atoms with E-state index in [1.54, 1.807) is 24.5 Å². The Morgan fingerprint density at radius 3 is 2.65 bits per heavy atom. The van der Waals surface area contributed by atoms with Gasteiger partial charge in [0.2, 0.25) is 0 Å². The minimum atomic E-state index is -0.0930. The maximum absolute atomic E-state index is 6.18. The van der Waals surface area contributed by atoms with E-state index in [-0.39, 0.29) is 11.0 Å². The van der Waals surface area contributed by atoms with Crippen molar-refractivity contribution in [1.29, 1.82) is 0 Å². The lowest BCUT2D eigenvalue weighted by Crippen LogP contribution is -2.18. The zero-order chi connectivity index (χ0) is 14.7. The highest BCUT2D eigenvalue weighted by Gasteiger charge is 2.14. The van der Waals surface area contributed by atoms with E-state index < -0.39 is 0 Å². The SMILES string of the molecule is CC(Nc1nccnc1C(N)=S)c1ccc(Cl)cc1Cl. The highest BCUT2D eigenvalue weighted by molar-refractivity contribution is 7.80. The number of nitrogens with zero attached hydrogens (tertiary/aromatic N) is 2. The molecule has 3 N–H and O–H groups in total. The van der Waals surface area contributed by atoms with Gasteiger partial charge in [-0.1, -0.05) is 41.5 Å². The van der Waals surface area contributed by atoms with Crippen LogP contribution < -0.4 is 11.1 Å². The van der Waals surface area contributed by atoms with Crippen LogP contribution >= 0.6 is 35.4 Å². The van der Waals surface area contributed by atoms with Gasteiger partial charge in [-0.25, -0.2) is 9.97 Å². The number of hydrogen-bond donors (Lipinski definition) is 2. The van der Waals surface area contributed by atoms with Crippen LogP contribution in [0, 0.1) is 0 Å². The van der Waals surface area contributed by atoms with Crippen molar-refractivity contribution in [3.8, 4) is 0 Å². The molecule has 0 aliphatic rings. The lowest BCUT2D eigenvalue weighted by Gasteiger charge is -2.17. The maximum atomic E-state index is 6.18. The highest BCUT2D eigenvalue weighted by Crippen LogP contribution is 2.28. The number of hydrogen-bond acceptors (Lipinski definition) is 4. The first-order valence-electron chi connectivity index (χ1n) is 5.81. The number of aromatic nitrogens is 2.